The van der Waals surface area contributed by atoms with E-state index in [4.69, 9.17) is 14.2 Å². The van der Waals surface area contributed by atoms with Crippen molar-refractivity contribution < 1.29 is 28.5 Å². The van der Waals surface area contributed by atoms with Crippen LogP contribution in [0.5, 0.6) is 11.5 Å². The van der Waals surface area contributed by atoms with Gasteiger partial charge in [0.1, 0.15) is 23.4 Å². The van der Waals surface area contributed by atoms with Crippen LogP contribution in [0.1, 0.15) is 87.3 Å². The largest absolute Gasteiger partial charge is 0.497 e. The van der Waals surface area contributed by atoms with E-state index in [0.717, 1.165) is 59.3 Å². The van der Waals surface area contributed by atoms with Crippen LogP contribution >= 0.6 is 0 Å². The summed E-state index contributed by atoms with van der Waals surface area (Å²) in [5.41, 5.74) is 5.07. The quantitative estimate of drug-likeness (QED) is 0.284. The predicted octanol–water partition coefficient (Wildman–Crippen LogP) is 8.52. The zero-order chi connectivity index (χ0) is 29.5. The van der Waals surface area contributed by atoms with Crippen molar-refractivity contribution in [3.63, 3.8) is 0 Å². The van der Waals surface area contributed by atoms with E-state index < -0.39 is 11.9 Å². The van der Waals surface area contributed by atoms with Crippen molar-refractivity contribution in [2.45, 2.75) is 71.5 Å². The van der Waals surface area contributed by atoms with Crippen molar-refractivity contribution in [3.05, 3.63) is 82.7 Å². The molecule has 2 unspecified atom stereocenters. The van der Waals surface area contributed by atoms with Gasteiger partial charge in [-0.15, -0.1) is 0 Å². The van der Waals surface area contributed by atoms with Gasteiger partial charge in [0, 0.05) is 12.7 Å². The molecule has 6 heteroatoms. The van der Waals surface area contributed by atoms with Crippen LogP contribution in [-0.4, -0.2) is 25.3 Å². The number of rotatable bonds is 9. The molecule has 2 aliphatic rings. The van der Waals surface area contributed by atoms with Gasteiger partial charge >= 0.3 is 5.97 Å². The highest BCUT2D eigenvalue weighted by molar-refractivity contribution is 5.72. The third-order valence-corrected chi connectivity index (χ3v) is 8.70. The van der Waals surface area contributed by atoms with E-state index >= 15 is 4.39 Å². The van der Waals surface area contributed by atoms with Gasteiger partial charge in [0.25, 0.3) is 0 Å². The summed E-state index contributed by atoms with van der Waals surface area (Å²) >= 11 is 0. The zero-order valence-electron chi connectivity index (χ0n) is 24.9. The fourth-order valence-corrected chi connectivity index (χ4v) is 6.43. The average Bonchev–Trinajstić information content (AvgIpc) is 3.78. The maximum absolute atomic E-state index is 15.2. The molecule has 1 aliphatic carbocycles. The smallest absolute Gasteiger partial charge is 0.306 e. The van der Waals surface area contributed by atoms with Gasteiger partial charge in [-0.3, -0.25) is 4.79 Å². The summed E-state index contributed by atoms with van der Waals surface area (Å²) in [5.74, 6) is 0.283. The number of hydrogen-bond donors (Lipinski definition) is 1. The first-order chi connectivity index (χ1) is 19.5. The number of fused-ring (bicyclic) bond motifs is 1. The summed E-state index contributed by atoms with van der Waals surface area (Å²) in [7, 11) is 3.27. The number of carboxylic acid groups (broad SMARTS) is 1. The Morgan fingerprint density at radius 2 is 1.76 bits per heavy atom. The number of carbonyl (C=O) groups is 1. The molecule has 0 radical (unpaired) electrons. The first kappa shape index (κ1) is 29.1. The molecule has 1 fully saturated rings. The molecule has 5 rings (SSSR count). The Balaban J connectivity index is 1.52. The molecule has 41 heavy (non-hydrogen) atoms. The molecule has 0 bridgehead atoms. The second-order valence-electron chi connectivity index (χ2n) is 12.7. The van der Waals surface area contributed by atoms with Crippen molar-refractivity contribution in [2.24, 2.45) is 17.3 Å². The van der Waals surface area contributed by atoms with E-state index in [2.05, 4.69) is 45.0 Å². The molecular weight excluding hydrogens is 519 g/mol. The molecule has 3 aromatic carbocycles. The Hall–Kier alpha value is -3.38. The minimum atomic E-state index is -0.759. The predicted molar refractivity (Wildman–Crippen MR) is 158 cm³/mol. The SMILES string of the molecule is COc1ccc(F)c(-c2ccc(C3CCc4ccc([C@H](C5CC5)[C@H](C)C(=O)O)cc4O3)cc2C(OC)C(C)(C)C)c1. The van der Waals surface area contributed by atoms with Crippen molar-refractivity contribution in [3.8, 4) is 22.6 Å². The van der Waals surface area contributed by atoms with Crippen LogP contribution in [0, 0.1) is 23.1 Å². The van der Waals surface area contributed by atoms with Crippen LogP contribution in [0.2, 0.25) is 0 Å². The third-order valence-electron chi connectivity index (χ3n) is 8.70. The van der Waals surface area contributed by atoms with Gasteiger partial charge in [0.2, 0.25) is 0 Å². The van der Waals surface area contributed by atoms with Crippen LogP contribution in [0.3, 0.4) is 0 Å². The Kier molecular flexibility index (Phi) is 8.15. The lowest BCUT2D eigenvalue weighted by Crippen LogP contribution is -2.22. The molecule has 1 aliphatic heterocycles. The minimum absolute atomic E-state index is 0.0142. The molecule has 1 heterocycles. The van der Waals surface area contributed by atoms with Crippen molar-refractivity contribution in [1.29, 1.82) is 0 Å². The summed E-state index contributed by atoms with van der Waals surface area (Å²) in [6.07, 6.45) is 3.33. The number of ether oxygens (including phenoxy) is 3. The molecule has 1 N–H and O–H groups in total. The number of benzene rings is 3. The monoisotopic (exact) mass is 560 g/mol. The summed E-state index contributed by atoms with van der Waals surface area (Å²) in [5, 5.41) is 9.75. The summed E-state index contributed by atoms with van der Waals surface area (Å²) in [6.45, 7) is 8.15. The van der Waals surface area contributed by atoms with Gasteiger partial charge in [0.15, 0.2) is 0 Å². The highest BCUT2D eigenvalue weighted by Crippen LogP contribution is 2.49. The average molecular weight is 561 g/mol. The summed E-state index contributed by atoms with van der Waals surface area (Å²) in [4.78, 5) is 11.9. The van der Waals surface area contributed by atoms with Crippen LogP contribution < -0.4 is 9.47 Å². The highest BCUT2D eigenvalue weighted by Gasteiger charge is 2.39. The molecule has 3 aromatic rings. The van der Waals surface area contributed by atoms with Crippen molar-refractivity contribution >= 4 is 5.97 Å². The van der Waals surface area contributed by atoms with Gasteiger partial charge in [0.05, 0.1) is 19.1 Å². The normalized spacial score (nSPS) is 19.0. The van der Waals surface area contributed by atoms with Crippen LogP contribution in [0.15, 0.2) is 54.6 Å². The van der Waals surface area contributed by atoms with Crippen molar-refractivity contribution in [1.82, 2.24) is 0 Å². The number of halogens is 1. The Bertz CT molecular complexity index is 1420. The standard InChI is InChI=1S/C35H41FO5/c1-20(34(37)38)32(22-8-9-22)24-10-7-21-12-16-30(41-31(21)18-24)23-11-14-26(27-19-25(39-5)13-15-29(27)36)28(17-23)33(40-6)35(2,3)4/h7,10-11,13-15,17-20,22,30,32-33H,8-9,12,16H2,1-6H3,(H,37,38)/t20-,30?,32-,33?/m0/s1. The van der Waals surface area contributed by atoms with E-state index in [0.29, 0.717) is 17.2 Å². The van der Waals surface area contributed by atoms with Crippen LogP contribution in [0.25, 0.3) is 11.1 Å². The molecule has 4 atom stereocenters. The van der Waals surface area contributed by atoms with E-state index in [1.807, 2.05) is 19.1 Å². The van der Waals surface area contributed by atoms with Gasteiger partial charge in [-0.1, -0.05) is 52.0 Å². The van der Waals surface area contributed by atoms with Gasteiger partial charge in [-0.25, -0.2) is 4.39 Å². The lowest BCUT2D eigenvalue weighted by Gasteiger charge is -2.33. The minimum Gasteiger partial charge on any atom is -0.497 e. The topological polar surface area (TPSA) is 65.0 Å². The van der Waals surface area contributed by atoms with Gasteiger partial charge in [-0.2, -0.15) is 0 Å². The Morgan fingerprint density at radius 1 is 1.00 bits per heavy atom. The lowest BCUT2D eigenvalue weighted by molar-refractivity contribution is -0.142. The summed E-state index contributed by atoms with van der Waals surface area (Å²) in [6, 6.07) is 17.1. The number of hydrogen-bond acceptors (Lipinski definition) is 4. The molecule has 0 spiro atoms. The van der Waals surface area contributed by atoms with Crippen molar-refractivity contribution in [2.75, 3.05) is 14.2 Å². The Morgan fingerprint density at radius 3 is 2.39 bits per heavy atom. The van der Waals surface area contributed by atoms with Gasteiger partial charge in [-0.05, 0) is 101 Å². The second-order valence-corrected chi connectivity index (χ2v) is 12.7. The number of aryl methyl sites for hydroxylation is 1. The zero-order valence-corrected chi connectivity index (χ0v) is 24.9. The van der Waals surface area contributed by atoms with E-state index in [-0.39, 0.29) is 29.4 Å². The summed E-state index contributed by atoms with van der Waals surface area (Å²) < 4.78 is 33.2. The van der Waals surface area contributed by atoms with E-state index in [9.17, 15) is 9.90 Å². The van der Waals surface area contributed by atoms with E-state index in [1.54, 1.807) is 26.4 Å². The first-order valence-electron chi connectivity index (χ1n) is 14.5. The Labute approximate surface area is 242 Å². The lowest BCUT2D eigenvalue weighted by atomic mass is 9.80. The molecule has 0 amide bonds. The number of methoxy groups -OCH3 is 2. The number of carboxylic acids is 1. The fourth-order valence-electron chi connectivity index (χ4n) is 6.43. The molecule has 1 saturated carbocycles. The molecule has 5 nitrogen and oxygen atoms in total. The van der Waals surface area contributed by atoms with Crippen LogP contribution in [-0.2, 0) is 16.0 Å². The molecular formula is C35H41FO5. The number of aliphatic carboxylic acids is 1. The maximum atomic E-state index is 15.2. The second kappa shape index (κ2) is 11.5. The van der Waals surface area contributed by atoms with Gasteiger partial charge < -0.3 is 19.3 Å². The van der Waals surface area contributed by atoms with E-state index in [1.165, 1.54) is 6.07 Å². The highest BCUT2D eigenvalue weighted by atomic mass is 19.1. The van der Waals surface area contributed by atoms with Crippen LogP contribution in [0.4, 0.5) is 4.39 Å². The maximum Gasteiger partial charge on any atom is 0.306 e. The first-order valence-corrected chi connectivity index (χ1v) is 14.5. The molecule has 218 valence electrons. The molecule has 0 saturated heterocycles. The molecule has 0 aromatic heterocycles. The third kappa shape index (κ3) is 5.99. The fraction of sp³-hybridized carbons (Fsp3) is 0.457.